The Morgan fingerprint density at radius 1 is 1.12 bits per heavy atom. The van der Waals surface area contributed by atoms with Gasteiger partial charge in [-0.25, -0.2) is 4.79 Å². The molecule has 3 fully saturated rings. The lowest BCUT2D eigenvalue weighted by atomic mass is 9.38. The number of esters is 2. The smallest absolute Gasteiger partial charge is 0.333 e. The van der Waals surface area contributed by atoms with Crippen LogP contribution in [0.5, 0.6) is 0 Å². The van der Waals surface area contributed by atoms with Gasteiger partial charge in [-0.3, -0.25) is 4.79 Å². The van der Waals surface area contributed by atoms with Gasteiger partial charge in [0, 0.05) is 24.5 Å². The summed E-state index contributed by atoms with van der Waals surface area (Å²) in [5.74, 6) is -0.185. The molecule has 0 bridgehead atoms. The van der Waals surface area contributed by atoms with Gasteiger partial charge in [0.15, 0.2) is 0 Å². The van der Waals surface area contributed by atoms with E-state index in [-0.39, 0.29) is 23.4 Å². The fourth-order valence-corrected chi connectivity index (χ4v) is 8.43. The second-order valence-electron chi connectivity index (χ2n) is 12.2. The SMILES string of the molecule is CC(=O)OCC1(O)CCC2C3(C)CCCC(C)(C)C3CCC2(C)C1C=CC1=CC(=O)OC1O. The summed E-state index contributed by atoms with van der Waals surface area (Å²) in [6.45, 7) is 10.9. The first-order valence-corrected chi connectivity index (χ1v) is 12.5. The van der Waals surface area contributed by atoms with E-state index in [1.807, 2.05) is 6.08 Å². The van der Waals surface area contributed by atoms with E-state index in [1.54, 1.807) is 6.08 Å². The molecule has 3 saturated carbocycles. The Hall–Kier alpha value is -1.66. The second kappa shape index (κ2) is 8.23. The molecule has 6 nitrogen and oxygen atoms in total. The van der Waals surface area contributed by atoms with Crippen molar-refractivity contribution in [2.45, 2.75) is 91.5 Å². The summed E-state index contributed by atoms with van der Waals surface area (Å²) in [6.07, 6.45) is 10.9. The zero-order chi connectivity index (χ0) is 24.2. The maximum Gasteiger partial charge on any atom is 0.333 e. The van der Waals surface area contributed by atoms with Crippen molar-refractivity contribution in [3.05, 3.63) is 23.8 Å². The van der Waals surface area contributed by atoms with Crippen molar-refractivity contribution < 1.29 is 29.3 Å². The monoisotopic (exact) mass is 460 g/mol. The van der Waals surface area contributed by atoms with Crippen molar-refractivity contribution in [1.29, 1.82) is 0 Å². The molecule has 7 atom stereocenters. The molecule has 6 heteroatoms. The molecule has 0 amide bonds. The Labute approximate surface area is 197 Å². The lowest BCUT2D eigenvalue weighted by Gasteiger charge is -2.67. The minimum atomic E-state index is -1.28. The fraction of sp³-hybridized carbons (Fsp3) is 0.778. The first-order valence-electron chi connectivity index (χ1n) is 12.5. The van der Waals surface area contributed by atoms with Crippen molar-refractivity contribution in [2.24, 2.45) is 34.0 Å². The van der Waals surface area contributed by atoms with Gasteiger partial charge in [0.1, 0.15) is 12.2 Å². The number of cyclic esters (lactones) is 1. The zero-order valence-corrected chi connectivity index (χ0v) is 20.7. The first kappa shape index (κ1) is 24.5. The van der Waals surface area contributed by atoms with Crippen LogP contribution >= 0.6 is 0 Å². The molecule has 2 N–H and O–H groups in total. The van der Waals surface area contributed by atoms with E-state index >= 15 is 0 Å². The van der Waals surface area contributed by atoms with Gasteiger partial charge >= 0.3 is 11.9 Å². The number of carbonyl (C=O) groups excluding carboxylic acids is 2. The van der Waals surface area contributed by atoms with Crippen LogP contribution in [-0.4, -0.2) is 40.6 Å². The maximum atomic E-state index is 11.8. The molecule has 1 aliphatic heterocycles. The Balaban J connectivity index is 1.72. The summed E-state index contributed by atoms with van der Waals surface area (Å²) in [4.78, 5) is 23.2. The van der Waals surface area contributed by atoms with Crippen molar-refractivity contribution in [3.8, 4) is 0 Å². The standard InChI is InChI=1S/C27H40O6/c1-17(28)32-16-27(31)14-10-20-25(4)12-6-11-24(2,3)19(25)9-13-26(20,5)21(27)8-7-18-15-22(29)33-23(18)30/h7-8,15,19-21,23,30-31H,6,9-14,16H2,1-5H3. The van der Waals surface area contributed by atoms with Gasteiger partial charge in [0.2, 0.25) is 6.29 Å². The average Bonchev–Trinajstić information content (AvgIpc) is 3.02. The van der Waals surface area contributed by atoms with E-state index in [1.165, 1.54) is 32.3 Å². The third kappa shape index (κ3) is 4.07. The van der Waals surface area contributed by atoms with Gasteiger partial charge < -0.3 is 19.7 Å². The predicted molar refractivity (Wildman–Crippen MR) is 124 cm³/mol. The van der Waals surface area contributed by atoms with Crippen LogP contribution in [0.2, 0.25) is 0 Å². The summed E-state index contributed by atoms with van der Waals surface area (Å²) in [5.41, 5.74) is -0.511. The summed E-state index contributed by atoms with van der Waals surface area (Å²) in [7, 11) is 0. The Morgan fingerprint density at radius 2 is 1.82 bits per heavy atom. The molecule has 0 aromatic heterocycles. The Kier molecular flexibility index (Phi) is 6.10. The number of fused-ring (bicyclic) bond motifs is 3. The highest BCUT2D eigenvalue weighted by Crippen LogP contribution is 2.69. The quantitative estimate of drug-likeness (QED) is 0.608. The van der Waals surface area contributed by atoms with Gasteiger partial charge in [-0.2, -0.15) is 0 Å². The Morgan fingerprint density at radius 3 is 2.45 bits per heavy atom. The van der Waals surface area contributed by atoms with Crippen LogP contribution in [0, 0.1) is 34.0 Å². The van der Waals surface area contributed by atoms with Crippen LogP contribution in [0.4, 0.5) is 0 Å². The highest BCUT2D eigenvalue weighted by atomic mass is 16.6. The van der Waals surface area contributed by atoms with Crippen molar-refractivity contribution in [1.82, 2.24) is 0 Å². The molecule has 33 heavy (non-hydrogen) atoms. The number of rotatable bonds is 4. The maximum absolute atomic E-state index is 11.8. The molecule has 184 valence electrons. The number of aliphatic hydroxyl groups excluding tert-OH is 1. The molecular weight excluding hydrogens is 420 g/mol. The van der Waals surface area contributed by atoms with Crippen molar-refractivity contribution in [2.75, 3.05) is 6.61 Å². The lowest BCUT2D eigenvalue weighted by Crippen LogP contribution is -2.63. The number of ether oxygens (including phenoxy) is 2. The molecule has 4 rings (SSSR count). The van der Waals surface area contributed by atoms with Crippen molar-refractivity contribution >= 4 is 11.9 Å². The first-order chi connectivity index (χ1) is 15.3. The number of carbonyl (C=O) groups is 2. The molecule has 0 spiro atoms. The second-order valence-corrected chi connectivity index (χ2v) is 12.2. The molecule has 0 aromatic carbocycles. The van der Waals surface area contributed by atoms with Gasteiger partial charge in [0.05, 0.1) is 0 Å². The zero-order valence-electron chi connectivity index (χ0n) is 20.7. The predicted octanol–water partition coefficient (Wildman–Crippen LogP) is 4.30. The molecule has 1 heterocycles. The van der Waals surface area contributed by atoms with Crippen LogP contribution in [0.1, 0.15) is 79.6 Å². The van der Waals surface area contributed by atoms with Crippen LogP contribution in [-0.2, 0) is 19.1 Å². The van der Waals surface area contributed by atoms with Crippen LogP contribution in [0.25, 0.3) is 0 Å². The summed E-state index contributed by atoms with van der Waals surface area (Å²) in [6, 6.07) is 0. The topological polar surface area (TPSA) is 93.1 Å². The fourth-order valence-electron chi connectivity index (χ4n) is 8.43. The van der Waals surface area contributed by atoms with Crippen LogP contribution in [0.15, 0.2) is 23.8 Å². The largest absolute Gasteiger partial charge is 0.463 e. The average molecular weight is 461 g/mol. The van der Waals surface area contributed by atoms with Crippen LogP contribution in [0.3, 0.4) is 0 Å². The van der Waals surface area contributed by atoms with Gasteiger partial charge in [-0.1, -0.05) is 46.3 Å². The van der Waals surface area contributed by atoms with Gasteiger partial charge in [-0.15, -0.1) is 0 Å². The number of hydrogen-bond acceptors (Lipinski definition) is 6. The van der Waals surface area contributed by atoms with E-state index in [4.69, 9.17) is 9.47 Å². The Bertz CT molecular complexity index is 874. The van der Waals surface area contributed by atoms with Gasteiger partial charge in [0.25, 0.3) is 0 Å². The van der Waals surface area contributed by atoms with Crippen LogP contribution < -0.4 is 0 Å². The molecule has 7 unspecified atom stereocenters. The van der Waals surface area contributed by atoms with E-state index in [0.29, 0.717) is 29.2 Å². The lowest BCUT2D eigenvalue weighted by molar-refractivity contribution is -0.214. The normalized spacial score (nSPS) is 44.6. The number of aliphatic hydroxyl groups is 2. The van der Waals surface area contributed by atoms with E-state index < -0.39 is 23.8 Å². The molecular formula is C27H40O6. The highest BCUT2D eigenvalue weighted by Gasteiger charge is 2.64. The van der Waals surface area contributed by atoms with Gasteiger partial charge in [-0.05, 0) is 66.6 Å². The molecule has 0 saturated heterocycles. The molecule has 0 aromatic rings. The van der Waals surface area contributed by atoms with E-state index in [2.05, 4.69) is 27.7 Å². The van der Waals surface area contributed by atoms with E-state index in [0.717, 1.165) is 19.3 Å². The summed E-state index contributed by atoms with van der Waals surface area (Å²) >= 11 is 0. The number of hydrogen-bond donors (Lipinski definition) is 2. The third-order valence-corrected chi connectivity index (χ3v) is 9.80. The van der Waals surface area contributed by atoms with E-state index in [9.17, 15) is 19.8 Å². The summed E-state index contributed by atoms with van der Waals surface area (Å²) in [5, 5.41) is 21.9. The molecule has 0 radical (unpaired) electrons. The molecule has 4 aliphatic rings. The minimum absolute atomic E-state index is 0.0533. The minimum Gasteiger partial charge on any atom is -0.463 e. The highest BCUT2D eigenvalue weighted by molar-refractivity contribution is 5.86. The summed E-state index contributed by atoms with van der Waals surface area (Å²) < 4.78 is 10.2. The third-order valence-electron chi connectivity index (χ3n) is 9.80. The molecule has 3 aliphatic carbocycles. The van der Waals surface area contributed by atoms with Crippen molar-refractivity contribution in [3.63, 3.8) is 0 Å².